The van der Waals surface area contributed by atoms with E-state index in [9.17, 15) is 0 Å². The smallest absolute Gasteiger partial charge is 0.0235 e. The van der Waals surface area contributed by atoms with Gasteiger partial charge in [-0.05, 0) is 39.7 Å². The van der Waals surface area contributed by atoms with E-state index >= 15 is 0 Å². The van der Waals surface area contributed by atoms with Crippen LogP contribution in [-0.2, 0) is 0 Å². The predicted octanol–water partition coefficient (Wildman–Crippen LogP) is 3.66. The molecule has 1 saturated carbocycles. The molecule has 0 spiro atoms. The molecule has 0 aromatic rings. The van der Waals surface area contributed by atoms with Gasteiger partial charge in [0.05, 0.1) is 0 Å². The molecule has 2 heteroatoms. The van der Waals surface area contributed by atoms with Gasteiger partial charge in [0.25, 0.3) is 0 Å². The summed E-state index contributed by atoms with van der Waals surface area (Å²) in [6.45, 7) is 5.80. The molecule has 1 rings (SSSR count). The van der Waals surface area contributed by atoms with E-state index in [-0.39, 0.29) is 0 Å². The minimum absolute atomic E-state index is 0.682. The van der Waals surface area contributed by atoms with Crippen LogP contribution in [0.25, 0.3) is 0 Å². The van der Waals surface area contributed by atoms with Crippen LogP contribution in [-0.4, -0.2) is 29.4 Å². The molecule has 0 atom stereocenters. The van der Waals surface area contributed by atoms with Crippen molar-refractivity contribution in [3.8, 4) is 0 Å². The Morgan fingerprint density at radius 1 is 1.21 bits per heavy atom. The second kappa shape index (κ2) is 6.68. The standard InChI is InChI=1S/C12H24ClN/c1-11(2)14(10-6-9-13)12-7-4-3-5-8-12/h11-12H,3-10H2,1-2H3. The lowest BCUT2D eigenvalue weighted by Crippen LogP contribution is -2.42. The summed E-state index contributed by atoms with van der Waals surface area (Å²) in [6, 6.07) is 1.52. The fraction of sp³-hybridized carbons (Fsp3) is 1.00. The molecular formula is C12H24ClN. The Hall–Kier alpha value is 0.250. The quantitative estimate of drug-likeness (QED) is 0.636. The predicted molar refractivity (Wildman–Crippen MR) is 64.1 cm³/mol. The Bertz CT molecular complexity index is 141. The first kappa shape index (κ1) is 12.3. The lowest BCUT2D eigenvalue weighted by molar-refractivity contribution is 0.121. The molecule has 14 heavy (non-hydrogen) atoms. The van der Waals surface area contributed by atoms with Crippen molar-refractivity contribution >= 4 is 11.6 Å². The van der Waals surface area contributed by atoms with Crippen molar-refractivity contribution in [3.05, 3.63) is 0 Å². The van der Waals surface area contributed by atoms with Crippen LogP contribution < -0.4 is 0 Å². The van der Waals surface area contributed by atoms with Crippen molar-refractivity contribution in [2.45, 2.75) is 64.5 Å². The monoisotopic (exact) mass is 217 g/mol. The second-order valence-corrected chi connectivity index (χ2v) is 5.04. The Kier molecular flexibility index (Phi) is 5.88. The molecule has 1 nitrogen and oxygen atoms in total. The van der Waals surface area contributed by atoms with E-state index in [1.54, 1.807) is 0 Å². The molecule has 0 saturated heterocycles. The topological polar surface area (TPSA) is 3.24 Å². The van der Waals surface area contributed by atoms with Crippen molar-refractivity contribution in [2.24, 2.45) is 0 Å². The molecule has 0 heterocycles. The molecule has 84 valence electrons. The van der Waals surface area contributed by atoms with E-state index in [1.807, 2.05) is 0 Å². The van der Waals surface area contributed by atoms with Crippen LogP contribution in [0.2, 0.25) is 0 Å². The molecule has 0 unspecified atom stereocenters. The fourth-order valence-corrected chi connectivity index (χ4v) is 2.64. The zero-order chi connectivity index (χ0) is 10.4. The van der Waals surface area contributed by atoms with Gasteiger partial charge in [-0.1, -0.05) is 19.3 Å². The number of rotatable bonds is 5. The maximum absolute atomic E-state index is 5.76. The van der Waals surface area contributed by atoms with Crippen LogP contribution >= 0.6 is 11.6 Å². The van der Waals surface area contributed by atoms with Gasteiger partial charge in [-0.25, -0.2) is 0 Å². The Balaban J connectivity index is 2.39. The second-order valence-electron chi connectivity index (χ2n) is 4.67. The lowest BCUT2D eigenvalue weighted by atomic mass is 9.93. The summed E-state index contributed by atoms with van der Waals surface area (Å²) in [5.74, 6) is 0.802. The molecule has 1 aliphatic rings. The Labute approximate surface area is 93.8 Å². The van der Waals surface area contributed by atoms with E-state index in [0.717, 1.165) is 18.3 Å². The summed E-state index contributed by atoms with van der Waals surface area (Å²) in [4.78, 5) is 2.65. The van der Waals surface area contributed by atoms with Crippen molar-refractivity contribution in [1.82, 2.24) is 4.90 Å². The lowest BCUT2D eigenvalue weighted by Gasteiger charge is -2.37. The maximum atomic E-state index is 5.76. The molecule has 0 aliphatic heterocycles. The number of nitrogens with zero attached hydrogens (tertiary/aromatic N) is 1. The van der Waals surface area contributed by atoms with Gasteiger partial charge in [-0.3, -0.25) is 4.90 Å². The molecule has 0 N–H and O–H groups in total. The summed E-state index contributed by atoms with van der Waals surface area (Å²) in [5, 5.41) is 0. The van der Waals surface area contributed by atoms with Crippen LogP contribution in [0.5, 0.6) is 0 Å². The zero-order valence-corrected chi connectivity index (χ0v) is 10.4. The van der Waals surface area contributed by atoms with Gasteiger partial charge in [0.1, 0.15) is 0 Å². The van der Waals surface area contributed by atoms with Crippen LogP contribution in [0.3, 0.4) is 0 Å². The van der Waals surface area contributed by atoms with Crippen molar-refractivity contribution < 1.29 is 0 Å². The summed E-state index contributed by atoms with van der Waals surface area (Å²) >= 11 is 5.76. The normalized spacial score (nSPS) is 19.5. The van der Waals surface area contributed by atoms with Crippen molar-refractivity contribution in [3.63, 3.8) is 0 Å². The molecule has 0 bridgehead atoms. The molecule has 0 amide bonds. The largest absolute Gasteiger partial charge is 0.298 e. The summed E-state index contributed by atoms with van der Waals surface area (Å²) in [7, 11) is 0. The highest BCUT2D eigenvalue weighted by Gasteiger charge is 2.22. The number of hydrogen-bond donors (Lipinski definition) is 0. The zero-order valence-electron chi connectivity index (χ0n) is 9.64. The first-order chi connectivity index (χ1) is 6.75. The number of hydrogen-bond acceptors (Lipinski definition) is 1. The Morgan fingerprint density at radius 3 is 2.36 bits per heavy atom. The molecule has 0 radical (unpaired) electrons. The summed E-state index contributed by atoms with van der Waals surface area (Å²) in [6.07, 6.45) is 8.23. The molecule has 1 fully saturated rings. The van der Waals surface area contributed by atoms with Gasteiger partial charge in [-0.2, -0.15) is 0 Å². The minimum atomic E-state index is 0.682. The van der Waals surface area contributed by atoms with Gasteiger partial charge in [0.2, 0.25) is 0 Å². The maximum Gasteiger partial charge on any atom is 0.0235 e. The van der Waals surface area contributed by atoms with E-state index in [1.165, 1.54) is 38.6 Å². The SMILES string of the molecule is CC(C)N(CCCCl)C1CCCCC1. The van der Waals surface area contributed by atoms with Gasteiger partial charge in [0.15, 0.2) is 0 Å². The van der Waals surface area contributed by atoms with Crippen LogP contribution in [0.4, 0.5) is 0 Å². The highest BCUT2D eigenvalue weighted by molar-refractivity contribution is 6.17. The average molecular weight is 218 g/mol. The van der Waals surface area contributed by atoms with Crippen molar-refractivity contribution in [1.29, 1.82) is 0 Å². The molecule has 0 aromatic heterocycles. The average Bonchev–Trinajstić information content (AvgIpc) is 2.19. The Morgan fingerprint density at radius 2 is 1.86 bits per heavy atom. The van der Waals surface area contributed by atoms with Gasteiger partial charge in [-0.15, -0.1) is 11.6 Å². The summed E-state index contributed by atoms with van der Waals surface area (Å²) in [5.41, 5.74) is 0. The van der Waals surface area contributed by atoms with Gasteiger partial charge < -0.3 is 0 Å². The highest BCUT2D eigenvalue weighted by atomic mass is 35.5. The first-order valence-electron chi connectivity index (χ1n) is 6.07. The minimum Gasteiger partial charge on any atom is -0.298 e. The van der Waals surface area contributed by atoms with E-state index in [4.69, 9.17) is 11.6 Å². The van der Waals surface area contributed by atoms with Gasteiger partial charge >= 0.3 is 0 Å². The number of halogens is 1. The highest BCUT2D eigenvalue weighted by Crippen LogP contribution is 2.24. The molecule has 1 aliphatic carbocycles. The third-order valence-corrected chi connectivity index (χ3v) is 3.52. The van der Waals surface area contributed by atoms with Crippen LogP contribution in [0.1, 0.15) is 52.4 Å². The fourth-order valence-electron chi connectivity index (χ4n) is 2.52. The first-order valence-corrected chi connectivity index (χ1v) is 6.61. The molecular weight excluding hydrogens is 194 g/mol. The van der Waals surface area contributed by atoms with Gasteiger partial charge in [0, 0.05) is 18.0 Å². The third-order valence-electron chi connectivity index (χ3n) is 3.26. The summed E-state index contributed by atoms with van der Waals surface area (Å²) < 4.78 is 0. The van der Waals surface area contributed by atoms with E-state index < -0.39 is 0 Å². The van der Waals surface area contributed by atoms with Crippen LogP contribution in [0.15, 0.2) is 0 Å². The van der Waals surface area contributed by atoms with Crippen molar-refractivity contribution in [2.75, 3.05) is 12.4 Å². The van der Waals surface area contributed by atoms with E-state index in [2.05, 4.69) is 18.7 Å². The number of alkyl halides is 1. The third kappa shape index (κ3) is 3.78. The molecule has 0 aromatic carbocycles. The van der Waals surface area contributed by atoms with E-state index in [0.29, 0.717) is 6.04 Å². The van der Waals surface area contributed by atoms with Crippen LogP contribution in [0, 0.1) is 0 Å².